The summed E-state index contributed by atoms with van der Waals surface area (Å²) in [6.07, 6.45) is 0. The third kappa shape index (κ3) is 4.37. The first-order chi connectivity index (χ1) is 12.6. The lowest BCUT2D eigenvalue weighted by molar-refractivity contribution is -0.134. The molecule has 0 spiro atoms. The Morgan fingerprint density at radius 2 is 1.38 bits per heavy atom. The van der Waals surface area contributed by atoms with Crippen molar-refractivity contribution in [3.8, 4) is 0 Å². The van der Waals surface area contributed by atoms with Gasteiger partial charge in [0.15, 0.2) is 0 Å². The molecule has 0 saturated carbocycles. The number of rotatable bonds is 4. The lowest BCUT2D eigenvalue weighted by Gasteiger charge is -2.22. The molecule has 1 N–H and O–H groups in total. The fourth-order valence-corrected chi connectivity index (χ4v) is 2.90. The molecular weight excluding hydrogens is 392 g/mol. The highest BCUT2D eigenvalue weighted by Gasteiger charge is 2.24. The van der Waals surface area contributed by atoms with Gasteiger partial charge in [0.2, 0.25) is 0 Å². The first-order valence-electron chi connectivity index (χ1n) is 8.11. The highest BCUT2D eigenvalue weighted by molar-refractivity contribution is 9.10. The number of carbonyl (C=O) groups excluding carboxylic acids is 2. The Hall–Kier alpha value is -2.92. The number of hydrogen-bond donors (Lipinski definition) is 1. The van der Waals surface area contributed by atoms with Crippen molar-refractivity contribution in [1.29, 1.82) is 0 Å². The average molecular weight is 409 g/mol. The number of nitrogens with one attached hydrogen (secondary N) is 1. The van der Waals surface area contributed by atoms with E-state index >= 15 is 0 Å². The summed E-state index contributed by atoms with van der Waals surface area (Å²) in [6.45, 7) is 0.313. The van der Waals surface area contributed by atoms with Gasteiger partial charge in [0, 0.05) is 10.2 Å². The van der Waals surface area contributed by atoms with Gasteiger partial charge >= 0.3 is 11.8 Å². The fourth-order valence-electron chi connectivity index (χ4n) is 2.52. The van der Waals surface area contributed by atoms with Crippen LogP contribution in [0.1, 0.15) is 5.56 Å². The summed E-state index contributed by atoms with van der Waals surface area (Å²) >= 11 is 3.37. The van der Waals surface area contributed by atoms with Crippen LogP contribution in [0.25, 0.3) is 0 Å². The molecule has 0 aliphatic carbocycles. The molecule has 3 rings (SSSR count). The van der Waals surface area contributed by atoms with Crippen molar-refractivity contribution < 1.29 is 9.59 Å². The zero-order valence-electron chi connectivity index (χ0n) is 13.9. The van der Waals surface area contributed by atoms with Crippen molar-refractivity contribution in [3.63, 3.8) is 0 Å². The summed E-state index contributed by atoms with van der Waals surface area (Å²) in [5.74, 6) is -1.30. The van der Waals surface area contributed by atoms with Crippen molar-refractivity contribution >= 4 is 39.1 Å². The molecule has 3 aromatic carbocycles. The van der Waals surface area contributed by atoms with Crippen LogP contribution in [0.15, 0.2) is 89.4 Å². The molecule has 26 heavy (non-hydrogen) atoms. The van der Waals surface area contributed by atoms with Crippen LogP contribution in [-0.4, -0.2) is 11.8 Å². The van der Waals surface area contributed by atoms with Crippen LogP contribution >= 0.6 is 15.9 Å². The molecule has 0 heterocycles. The molecule has 0 aromatic heterocycles. The molecule has 0 aliphatic heterocycles. The van der Waals surface area contributed by atoms with Crippen LogP contribution in [0, 0.1) is 0 Å². The van der Waals surface area contributed by atoms with E-state index < -0.39 is 11.8 Å². The van der Waals surface area contributed by atoms with Crippen LogP contribution in [0.2, 0.25) is 0 Å². The standard InChI is InChI=1S/C21H17BrN2O2/c22-18-13-7-8-14-19(18)23-20(25)21(26)24(17-11-5-2-6-12-17)15-16-9-3-1-4-10-16/h1-14H,15H2,(H,23,25). The van der Waals surface area contributed by atoms with Crippen molar-refractivity contribution in [3.05, 3.63) is 95.0 Å². The van der Waals surface area contributed by atoms with Gasteiger partial charge < -0.3 is 5.32 Å². The molecule has 0 atom stereocenters. The second kappa shape index (κ2) is 8.45. The molecule has 3 aromatic rings. The first kappa shape index (κ1) is 17.9. The van der Waals surface area contributed by atoms with Gasteiger partial charge in [-0.05, 0) is 45.8 Å². The largest absolute Gasteiger partial charge is 0.317 e. The minimum Gasteiger partial charge on any atom is -0.317 e. The lowest BCUT2D eigenvalue weighted by atomic mass is 10.2. The summed E-state index contributed by atoms with van der Waals surface area (Å²) in [5, 5.41) is 2.67. The van der Waals surface area contributed by atoms with E-state index in [2.05, 4.69) is 21.2 Å². The molecule has 5 heteroatoms. The Kier molecular flexibility index (Phi) is 5.81. The van der Waals surface area contributed by atoms with Crippen molar-refractivity contribution in [2.45, 2.75) is 6.54 Å². The van der Waals surface area contributed by atoms with Gasteiger partial charge in [-0.2, -0.15) is 0 Å². The molecule has 4 nitrogen and oxygen atoms in total. The third-order valence-electron chi connectivity index (χ3n) is 3.81. The van der Waals surface area contributed by atoms with E-state index in [-0.39, 0.29) is 0 Å². The van der Waals surface area contributed by atoms with E-state index in [4.69, 9.17) is 0 Å². The SMILES string of the molecule is O=C(Nc1ccccc1Br)C(=O)N(Cc1ccccc1)c1ccccc1. The number of halogens is 1. The number of benzene rings is 3. The van der Waals surface area contributed by atoms with E-state index in [0.717, 1.165) is 10.0 Å². The molecule has 0 saturated heterocycles. The molecule has 0 fully saturated rings. The lowest BCUT2D eigenvalue weighted by Crippen LogP contribution is -2.39. The summed E-state index contributed by atoms with van der Waals surface area (Å²) in [7, 11) is 0. The van der Waals surface area contributed by atoms with Gasteiger partial charge in [0.25, 0.3) is 0 Å². The van der Waals surface area contributed by atoms with E-state index in [1.54, 1.807) is 18.2 Å². The second-order valence-corrected chi connectivity index (χ2v) is 6.50. The monoisotopic (exact) mass is 408 g/mol. The number of amides is 2. The Balaban J connectivity index is 1.85. The Morgan fingerprint density at radius 3 is 2.04 bits per heavy atom. The number of para-hydroxylation sites is 2. The Morgan fingerprint density at radius 1 is 0.808 bits per heavy atom. The van der Waals surface area contributed by atoms with Gasteiger partial charge in [-0.3, -0.25) is 14.5 Å². The molecule has 0 bridgehead atoms. The maximum Gasteiger partial charge on any atom is 0.316 e. The number of carbonyl (C=O) groups is 2. The minimum absolute atomic E-state index is 0.313. The van der Waals surface area contributed by atoms with Crippen molar-refractivity contribution in [2.24, 2.45) is 0 Å². The predicted octanol–water partition coefficient (Wildman–Crippen LogP) is 4.62. The quantitative estimate of drug-likeness (QED) is 0.640. The normalized spacial score (nSPS) is 10.2. The topological polar surface area (TPSA) is 49.4 Å². The van der Waals surface area contributed by atoms with Gasteiger partial charge in [-0.1, -0.05) is 60.7 Å². The maximum absolute atomic E-state index is 12.9. The average Bonchev–Trinajstić information content (AvgIpc) is 2.69. The molecule has 130 valence electrons. The summed E-state index contributed by atoms with van der Waals surface area (Å²) in [5.41, 5.74) is 2.17. The third-order valence-corrected chi connectivity index (χ3v) is 4.50. The van der Waals surface area contributed by atoms with Gasteiger partial charge in [-0.25, -0.2) is 0 Å². The molecule has 0 radical (unpaired) electrons. The maximum atomic E-state index is 12.9. The van der Waals surface area contributed by atoms with E-state index in [1.165, 1.54) is 4.90 Å². The molecular formula is C21H17BrN2O2. The highest BCUT2D eigenvalue weighted by atomic mass is 79.9. The zero-order valence-corrected chi connectivity index (χ0v) is 15.5. The fraction of sp³-hybridized carbons (Fsp3) is 0.0476. The molecule has 0 unspecified atom stereocenters. The van der Waals surface area contributed by atoms with Gasteiger partial charge in [-0.15, -0.1) is 0 Å². The van der Waals surface area contributed by atoms with Gasteiger partial charge in [0.1, 0.15) is 0 Å². The van der Waals surface area contributed by atoms with Gasteiger partial charge in [0.05, 0.1) is 12.2 Å². The van der Waals surface area contributed by atoms with Crippen molar-refractivity contribution in [2.75, 3.05) is 10.2 Å². The van der Waals surface area contributed by atoms with E-state index in [1.807, 2.05) is 66.7 Å². The second-order valence-electron chi connectivity index (χ2n) is 5.65. The van der Waals surface area contributed by atoms with Crippen LogP contribution in [-0.2, 0) is 16.1 Å². The van der Waals surface area contributed by atoms with E-state index in [9.17, 15) is 9.59 Å². The summed E-state index contributed by atoms with van der Waals surface area (Å²) in [6, 6.07) is 25.9. The zero-order chi connectivity index (χ0) is 18.4. The molecule has 0 aliphatic rings. The number of anilines is 2. The predicted molar refractivity (Wildman–Crippen MR) is 107 cm³/mol. The van der Waals surface area contributed by atoms with E-state index in [0.29, 0.717) is 17.9 Å². The van der Waals surface area contributed by atoms with Crippen molar-refractivity contribution in [1.82, 2.24) is 0 Å². The first-order valence-corrected chi connectivity index (χ1v) is 8.91. The van der Waals surface area contributed by atoms with Crippen LogP contribution in [0.5, 0.6) is 0 Å². The van der Waals surface area contributed by atoms with Crippen LogP contribution < -0.4 is 10.2 Å². The number of hydrogen-bond acceptors (Lipinski definition) is 2. The minimum atomic E-state index is -0.684. The van der Waals surface area contributed by atoms with Crippen LogP contribution in [0.4, 0.5) is 11.4 Å². The Labute approximate surface area is 160 Å². The summed E-state index contributed by atoms with van der Waals surface area (Å²) in [4.78, 5) is 26.9. The molecule has 2 amide bonds. The number of nitrogens with zero attached hydrogens (tertiary/aromatic N) is 1. The smallest absolute Gasteiger partial charge is 0.316 e. The Bertz CT molecular complexity index is 898. The highest BCUT2D eigenvalue weighted by Crippen LogP contribution is 2.22. The van der Waals surface area contributed by atoms with Crippen LogP contribution in [0.3, 0.4) is 0 Å². The summed E-state index contributed by atoms with van der Waals surface area (Å²) < 4.78 is 0.718.